The lowest BCUT2D eigenvalue weighted by Crippen LogP contribution is -2.39. The Morgan fingerprint density at radius 3 is 2.40 bits per heavy atom. The van der Waals surface area contributed by atoms with Crippen LogP contribution in [-0.2, 0) is 4.79 Å². The van der Waals surface area contributed by atoms with Gasteiger partial charge >= 0.3 is 0 Å². The molecule has 20 heavy (non-hydrogen) atoms. The van der Waals surface area contributed by atoms with Crippen LogP contribution >= 0.6 is 0 Å². The van der Waals surface area contributed by atoms with Crippen LogP contribution in [0.25, 0.3) is 0 Å². The fourth-order valence-corrected chi connectivity index (χ4v) is 2.61. The van der Waals surface area contributed by atoms with Crippen LogP contribution in [0.4, 0.5) is 10.1 Å². The molecule has 1 fully saturated rings. The van der Waals surface area contributed by atoms with Crippen LogP contribution in [0.3, 0.4) is 0 Å². The molecule has 0 aromatic heterocycles. The van der Waals surface area contributed by atoms with Crippen LogP contribution in [0.5, 0.6) is 0 Å². The molecule has 1 saturated heterocycles. The maximum atomic E-state index is 13.6. The first-order valence-electron chi connectivity index (χ1n) is 6.75. The minimum Gasteiger partial charge on any atom is -0.371 e. The van der Waals surface area contributed by atoms with E-state index in [-0.39, 0.29) is 23.4 Å². The van der Waals surface area contributed by atoms with Crippen LogP contribution in [0.15, 0.2) is 12.1 Å². The fraction of sp³-hybridized carbons (Fsp3) is 0.467. The van der Waals surface area contributed by atoms with Gasteiger partial charge < -0.3 is 10.6 Å². The highest BCUT2D eigenvalue weighted by atomic mass is 19.1. The van der Waals surface area contributed by atoms with Crippen molar-refractivity contribution in [2.75, 3.05) is 18.0 Å². The van der Waals surface area contributed by atoms with Gasteiger partial charge in [-0.2, -0.15) is 0 Å². The molecule has 2 N–H and O–H groups in total. The number of amides is 1. The number of carbonyl (C=O) groups excluding carboxylic acids is 2. The predicted octanol–water partition coefficient (Wildman–Crippen LogP) is 2.04. The van der Waals surface area contributed by atoms with E-state index in [4.69, 9.17) is 5.73 Å². The maximum Gasteiger partial charge on any atom is 0.220 e. The molecule has 0 atom stereocenters. The lowest BCUT2D eigenvalue weighted by Gasteiger charge is -2.33. The Balaban J connectivity index is 2.27. The molecule has 1 aliphatic heterocycles. The summed E-state index contributed by atoms with van der Waals surface area (Å²) in [6, 6.07) is 3.00. The minimum atomic E-state index is -0.369. The summed E-state index contributed by atoms with van der Waals surface area (Å²) < 4.78 is 13.6. The number of hydrogen-bond acceptors (Lipinski definition) is 3. The summed E-state index contributed by atoms with van der Waals surface area (Å²) in [6.45, 7) is 4.42. The number of piperidine rings is 1. The molecule has 5 heteroatoms. The molecule has 1 aromatic rings. The number of nitrogens with two attached hydrogens (primary N) is 1. The molecule has 1 amide bonds. The maximum absolute atomic E-state index is 13.6. The average molecular weight is 278 g/mol. The number of nitrogens with zero attached hydrogens (tertiary/aromatic N) is 1. The van der Waals surface area contributed by atoms with Crippen molar-refractivity contribution in [3.05, 3.63) is 29.1 Å². The number of anilines is 1. The van der Waals surface area contributed by atoms with Crippen molar-refractivity contribution in [2.45, 2.75) is 26.7 Å². The standard InChI is InChI=1S/C15H19FN2O2/c1-9-7-14(12(10(2)19)8-13(9)16)18-5-3-11(4-6-18)15(17)20/h7-8,11H,3-6H2,1-2H3,(H2,17,20). The Morgan fingerprint density at radius 2 is 1.90 bits per heavy atom. The number of aryl methyl sites for hydroxylation is 1. The second-order valence-electron chi connectivity index (χ2n) is 5.34. The Hall–Kier alpha value is -1.91. The van der Waals surface area contributed by atoms with Gasteiger partial charge in [0.05, 0.1) is 0 Å². The number of rotatable bonds is 3. The number of primary amides is 1. The zero-order chi connectivity index (χ0) is 14.9. The van der Waals surface area contributed by atoms with E-state index in [1.165, 1.54) is 13.0 Å². The zero-order valence-electron chi connectivity index (χ0n) is 11.8. The first-order chi connectivity index (χ1) is 9.40. The monoisotopic (exact) mass is 278 g/mol. The second-order valence-corrected chi connectivity index (χ2v) is 5.34. The lowest BCUT2D eigenvalue weighted by molar-refractivity contribution is -0.122. The Morgan fingerprint density at radius 1 is 1.30 bits per heavy atom. The normalized spacial score (nSPS) is 16.2. The summed E-state index contributed by atoms with van der Waals surface area (Å²) in [7, 11) is 0. The molecule has 0 bridgehead atoms. The van der Waals surface area contributed by atoms with Crippen molar-refractivity contribution >= 4 is 17.4 Å². The Labute approximate surface area is 117 Å². The minimum absolute atomic E-state index is 0.103. The van der Waals surface area contributed by atoms with Crippen molar-refractivity contribution in [3.8, 4) is 0 Å². The van der Waals surface area contributed by atoms with Crippen molar-refractivity contribution in [2.24, 2.45) is 11.7 Å². The second kappa shape index (κ2) is 5.61. The summed E-state index contributed by atoms with van der Waals surface area (Å²) in [5, 5.41) is 0. The first kappa shape index (κ1) is 14.5. The van der Waals surface area contributed by atoms with Crippen LogP contribution < -0.4 is 10.6 Å². The van der Waals surface area contributed by atoms with Gasteiger partial charge in [-0.25, -0.2) is 4.39 Å². The molecule has 0 spiro atoms. The number of Topliss-reactive ketones (excluding diaryl/α,β-unsaturated/α-hetero) is 1. The fourth-order valence-electron chi connectivity index (χ4n) is 2.61. The molecule has 1 aromatic carbocycles. The van der Waals surface area contributed by atoms with Gasteiger partial charge in [0.1, 0.15) is 5.82 Å². The van der Waals surface area contributed by atoms with Crippen LogP contribution in [0.1, 0.15) is 35.7 Å². The first-order valence-corrected chi connectivity index (χ1v) is 6.75. The van der Waals surface area contributed by atoms with E-state index < -0.39 is 0 Å². The van der Waals surface area contributed by atoms with E-state index in [0.717, 1.165) is 5.69 Å². The molecule has 1 heterocycles. The summed E-state index contributed by atoms with van der Waals surface area (Å²) >= 11 is 0. The molecular weight excluding hydrogens is 259 g/mol. The van der Waals surface area contributed by atoms with Gasteiger partial charge in [0.2, 0.25) is 5.91 Å². The van der Waals surface area contributed by atoms with Crippen LogP contribution in [0.2, 0.25) is 0 Å². The summed E-state index contributed by atoms with van der Waals surface area (Å²) in [4.78, 5) is 24.9. The smallest absolute Gasteiger partial charge is 0.220 e. The van der Waals surface area contributed by atoms with E-state index in [0.29, 0.717) is 37.1 Å². The molecule has 2 rings (SSSR count). The molecule has 0 aliphatic carbocycles. The lowest BCUT2D eigenvalue weighted by atomic mass is 9.94. The van der Waals surface area contributed by atoms with Gasteiger partial charge in [-0.3, -0.25) is 9.59 Å². The number of ketones is 1. The third-order valence-electron chi connectivity index (χ3n) is 3.89. The summed E-state index contributed by atoms with van der Waals surface area (Å²) in [5.74, 6) is -0.901. The molecule has 1 aliphatic rings. The van der Waals surface area contributed by atoms with E-state index in [2.05, 4.69) is 0 Å². The quantitative estimate of drug-likeness (QED) is 0.861. The number of carbonyl (C=O) groups is 2. The van der Waals surface area contributed by atoms with Gasteiger partial charge in [-0.05, 0) is 44.4 Å². The highest BCUT2D eigenvalue weighted by Gasteiger charge is 2.25. The zero-order valence-corrected chi connectivity index (χ0v) is 11.8. The number of halogens is 1. The van der Waals surface area contributed by atoms with Gasteiger partial charge in [-0.15, -0.1) is 0 Å². The van der Waals surface area contributed by atoms with Crippen molar-refractivity contribution in [1.29, 1.82) is 0 Å². The summed E-state index contributed by atoms with van der Waals surface area (Å²) in [6.07, 6.45) is 1.34. The van der Waals surface area contributed by atoms with E-state index in [1.807, 2.05) is 4.90 Å². The van der Waals surface area contributed by atoms with Crippen molar-refractivity contribution < 1.29 is 14.0 Å². The topological polar surface area (TPSA) is 63.4 Å². The molecule has 0 radical (unpaired) electrons. The predicted molar refractivity (Wildman–Crippen MR) is 75.3 cm³/mol. The SMILES string of the molecule is CC(=O)c1cc(F)c(C)cc1N1CCC(C(N)=O)CC1. The highest BCUT2D eigenvalue weighted by molar-refractivity contribution is 6.00. The summed E-state index contributed by atoms with van der Waals surface area (Å²) in [5.41, 5.74) is 6.97. The molecule has 0 saturated carbocycles. The molecule has 108 valence electrons. The van der Waals surface area contributed by atoms with Gasteiger partial charge in [0.15, 0.2) is 5.78 Å². The van der Waals surface area contributed by atoms with Crippen LogP contribution in [0, 0.1) is 18.7 Å². The number of hydrogen-bond donors (Lipinski definition) is 1. The Kier molecular flexibility index (Phi) is 4.06. The Bertz CT molecular complexity index is 549. The molecular formula is C15H19FN2O2. The third kappa shape index (κ3) is 2.81. The van der Waals surface area contributed by atoms with Gasteiger partial charge in [-0.1, -0.05) is 0 Å². The number of benzene rings is 1. The molecule has 4 nitrogen and oxygen atoms in total. The van der Waals surface area contributed by atoms with E-state index >= 15 is 0 Å². The van der Waals surface area contributed by atoms with E-state index in [1.54, 1.807) is 13.0 Å². The van der Waals surface area contributed by atoms with Crippen molar-refractivity contribution in [3.63, 3.8) is 0 Å². The van der Waals surface area contributed by atoms with Crippen LogP contribution in [-0.4, -0.2) is 24.8 Å². The largest absolute Gasteiger partial charge is 0.371 e. The van der Waals surface area contributed by atoms with E-state index in [9.17, 15) is 14.0 Å². The average Bonchev–Trinajstić information content (AvgIpc) is 2.41. The molecule has 0 unspecified atom stereocenters. The van der Waals surface area contributed by atoms with Crippen molar-refractivity contribution in [1.82, 2.24) is 0 Å². The van der Waals surface area contributed by atoms with Gasteiger partial charge in [0, 0.05) is 30.3 Å². The van der Waals surface area contributed by atoms with Gasteiger partial charge in [0.25, 0.3) is 0 Å². The third-order valence-corrected chi connectivity index (χ3v) is 3.89. The highest BCUT2D eigenvalue weighted by Crippen LogP contribution is 2.29.